The molecule has 6 nitrogen and oxygen atoms in total. The molecule has 1 aromatic carbocycles. The molecule has 0 aliphatic heterocycles. The zero-order valence-electron chi connectivity index (χ0n) is 12.5. The fourth-order valence-electron chi connectivity index (χ4n) is 1.77. The lowest BCUT2D eigenvalue weighted by molar-refractivity contribution is -0.137. The van der Waals surface area contributed by atoms with Crippen molar-refractivity contribution in [3.8, 4) is 11.5 Å². The van der Waals surface area contributed by atoms with Gasteiger partial charge in [-0.15, -0.1) is 0 Å². The summed E-state index contributed by atoms with van der Waals surface area (Å²) in [5.41, 5.74) is 1.03. The molecule has 0 fully saturated rings. The van der Waals surface area contributed by atoms with Crippen LogP contribution >= 0.6 is 0 Å². The minimum Gasteiger partial charge on any atom is -0.493 e. The summed E-state index contributed by atoms with van der Waals surface area (Å²) in [6, 6.07) is 5.22. The van der Waals surface area contributed by atoms with Gasteiger partial charge in [0.1, 0.15) is 0 Å². The SMILES string of the molecule is COc1cc(C)ccc1OCC(=O)NC(C)CCC(=O)O. The van der Waals surface area contributed by atoms with Crippen molar-refractivity contribution in [2.75, 3.05) is 13.7 Å². The molecule has 0 aliphatic rings. The van der Waals surface area contributed by atoms with Crippen LogP contribution in [-0.2, 0) is 9.59 Å². The molecular weight excluding hydrogens is 274 g/mol. The zero-order valence-corrected chi connectivity index (χ0v) is 12.5. The number of rotatable bonds is 8. The maximum atomic E-state index is 11.7. The third kappa shape index (κ3) is 6.16. The molecule has 0 saturated heterocycles. The first-order chi connectivity index (χ1) is 9.92. The van der Waals surface area contributed by atoms with Crippen molar-refractivity contribution in [1.29, 1.82) is 0 Å². The summed E-state index contributed by atoms with van der Waals surface area (Å²) < 4.78 is 10.6. The highest BCUT2D eigenvalue weighted by atomic mass is 16.5. The average Bonchev–Trinajstić information content (AvgIpc) is 2.43. The summed E-state index contributed by atoms with van der Waals surface area (Å²) in [5.74, 6) is -0.106. The molecule has 0 spiro atoms. The van der Waals surface area contributed by atoms with Crippen molar-refractivity contribution in [1.82, 2.24) is 5.32 Å². The quantitative estimate of drug-likeness (QED) is 0.763. The van der Waals surface area contributed by atoms with Crippen LogP contribution < -0.4 is 14.8 Å². The molecule has 0 bridgehead atoms. The molecule has 1 rings (SSSR count). The van der Waals surface area contributed by atoms with Crippen LogP contribution in [0.2, 0.25) is 0 Å². The normalized spacial score (nSPS) is 11.6. The van der Waals surface area contributed by atoms with Crippen molar-refractivity contribution in [2.24, 2.45) is 0 Å². The van der Waals surface area contributed by atoms with E-state index < -0.39 is 5.97 Å². The lowest BCUT2D eigenvalue weighted by Crippen LogP contribution is -2.36. The van der Waals surface area contributed by atoms with E-state index in [0.29, 0.717) is 17.9 Å². The molecule has 6 heteroatoms. The molecule has 116 valence electrons. The Balaban J connectivity index is 2.44. The number of aliphatic carboxylic acids is 1. The first-order valence-electron chi connectivity index (χ1n) is 6.71. The monoisotopic (exact) mass is 295 g/mol. The predicted molar refractivity (Wildman–Crippen MR) is 77.7 cm³/mol. The van der Waals surface area contributed by atoms with Crippen molar-refractivity contribution in [3.63, 3.8) is 0 Å². The molecular formula is C15H21NO5. The Morgan fingerprint density at radius 3 is 2.67 bits per heavy atom. The molecule has 0 aromatic heterocycles. The maximum Gasteiger partial charge on any atom is 0.303 e. The van der Waals surface area contributed by atoms with Gasteiger partial charge in [-0.25, -0.2) is 0 Å². The van der Waals surface area contributed by atoms with E-state index in [0.717, 1.165) is 5.56 Å². The molecule has 1 unspecified atom stereocenters. The van der Waals surface area contributed by atoms with E-state index in [1.165, 1.54) is 7.11 Å². The third-order valence-corrected chi connectivity index (χ3v) is 2.88. The van der Waals surface area contributed by atoms with Gasteiger partial charge in [0.25, 0.3) is 5.91 Å². The van der Waals surface area contributed by atoms with Gasteiger partial charge in [0.2, 0.25) is 0 Å². The number of nitrogens with one attached hydrogen (secondary N) is 1. The number of hydrogen-bond donors (Lipinski definition) is 2. The Morgan fingerprint density at radius 1 is 1.33 bits per heavy atom. The first kappa shape index (κ1) is 16.8. The smallest absolute Gasteiger partial charge is 0.303 e. The number of aryl methyl sites for hydroxylation is 1. The summed E-state index contributed by atoms with van der Waals surface area (Å²) in [6.45, 7) is 3.55. The summed E-state index contributed by atoms with van der Waals surface area (Å²) >= 11 is 0. The molecule has 0 radical (unpaired) electrons. The summed E-state index contributed by atoms with van der Waals surface area (Å²) in [7, 11) is 1.54. The zero-order chi connectivity index (χ0) is 15.8. The van der Waals surface area contributed by atoms with Gasteiger partial charge in [-0.2, -0.15) is 0 Å². The van der Waals surface area contributed by atoms with Crippen LogP contribution in [0.3, 0.4) is 0 Å². The van der Waals surface area contributed by atoms with E-state index in [2.05, 4.69) is 5.32 Å². The number of carbonyl (C=O) groups excluding carboxylic acids is 1. The van der Waals surface area contributed by atoms with Crippen molar-refractivity contribution < 1.29 is 24.2 Å². The van der Waals surface area contributed by atoms with E-state index in [9.17, 15) is 9.59 Å². The highest BCUT2D eigenvalue weighted by Crippen LogP contribution is 2.27. The van der Waals surface area contributed by atoms with Crippen LogP contribution in [0.25, 0.3) is 0 Å². The number of hydrogen-bond acceptors (Lipinski definition) is 4. The Morgan fingerprint density at radius 2 is 2.05 bits per heavy atom. The molecule has 0 saturated carbocycles. The Labute approximate surface area is 124 Å². The largest absolute Gasteiger partial charge is 0.493 e. The third-order valence-electron chi connectivity index (χ3n) is 2.88. The second-order valence-electron chi connectivity index (χ2n) is 4.84. The topological polar surface area (TPSA) is 84.9 Å². The van der Waals surface area contributed by atoms with E-state index in [1.54, 1.807) is 13.0 Å². The van der Waals surface area contributed by atoms with Crippen LogP contribution in [0, 0.1) is 6.92 Å². The number of ether oxygens (including phenoxy) is 2. The van der Waals surface area contributed by atoms with E-state index >= 15 is 0 Å². The van der Waals surface area contributed by atoms with Gasteiger partial charge in [0.15, 0.2) is 18.1 Å². The summed E-state index contributed by atoms with van der Waals surface area (Å²) in [6.07, 6.45) is 0.406. The summed E-state index contributed by atoms with van der Waals surface area (Å²) in [4.78, 5) is 22.2. The average molecular weight is 295 g/mol. The van der Waals surface area contributed by atoms with Crippen LogP contribution in [0.15, 0.2) is 18.2 Å². The number of benzene rings is 1. The Kier molecular flexibility index (Phi) is 6.52. The minimum absolute atomic E-state index is 0.0219. The second kappa shape index (κ2) is 8.14. The van der Waals surface area contributed by atoms with Crippen LogP contribution in [0.5, 0.6) is 11.5 Å². The molecule has 1 amide bonds. The number of carboxylic acids is 1. The van der Waals surface area contributed by atoms with E-state index in [4.69, 9.17) is 14.6 Å². The number of methoxy groups -OCH3 is 1. The minimum atomic E-state index is -0.878. The van der Waals surface area contributed by atoms with Crippen molar-refractivity contribution in [2.45, 2.75) is 32.7 Å². The van der Waals surface area contributed by atoms with Crippen molar-refractivity contribution >= 4 is 11.9 Å². The van der Waals surface area contributed by atoms with Gasteiger partial charge < -0.3 is 19.9 Å². The van der Waals surface area contributed by atoms with Gasteiger partial charge in [-0.3, -0.25) is 9.59 Å². The number of amides is 1. The fourth-order valence-corrected chi connectivity index (χ4v) is 1.77. The van der Waals surface area contributed by atoms with E-state index in [-0.39, 0.29) is 25.0 Å². The summed E-state index contributed by atoms with van der Waals surface area (Å²) in [5, 5.41) is 11.3. The number of carbonyl (C=O) groups is 2. The van der Waals surface area contributed by atoms with Crippen molar-refractivity contribution in [3.05, 3.63) is 23.8 Å². The van der Waals surface area contributed by atoms with Crippen LogP contribution in [0.1, 0.15) is 25.3 Å². The van der Waals surface area contributed by atoms with Gasteiger partial charge >= 0.3 is 5.97 Å². The second-order valence-corrected chi connectivity index (χ2v) is 4.84. The van der Waals surface area contributed by atoms with Gasteiger partial charge in [0, 0.05) is 12.5 Å². The van der Waals surface area contributed by atoms with Gasteiger partial charge in [-0.05, 0) is 38.0 Å². The van der Waals surface area contributed by atoms with Crippen LogP contribution in [0.4, 0.5) is 0 Å². The van der Waals surface area contributed by atoms with Gasteiger partial charge in [0.05, 0.1) is 7.11 Å². The Bertz CT molecular complexity index is 501. The highest BCUT2D eigenvalue weighted by molar-refractivity contribution is 5.78. The standard InChI is InChI=1S/C15H21NO5/c1-10-4-6-12(13(8-10)20-3)21-9-14(17)16-11(2)5-7-15(18)19/h4,6,8,11H,5,7,9H2,1-3H3,(H,16,17)(H,18,19). The van der Waals surface area contributed by atoms with Gasteiger partial charge in [-0.1, -0.05) is 6.07 Å². The molecule has 2 N–H and O–H groups in total. The lowest BCUT2D eigenvalue weighted by atomic mass is 10.2. The first-order valence-corrected chi connectivity index (χ1v) is 6.71. The lowest BCUT2D eigenvalue weighted by Gasteiger charge is -2.14. The molecule has 21 heavy (non-hydrogen) atoms. The maximum absolute atomic E-state index is 11.7. The number of carboxylic acid groups (broad SMARTS) is 1. The predicted octanol–water partition coefficient (Wildman–Crippen LogP) is 1.75. The molecule has 1 aromatic rings. The Hall–Kier alpha value is -2.24. The highest BCUT2D eigenvalue weighted by Gasteiger charge is 2.11. The fraction of sp³-hybridized carbons (Fsp3) is 0.467. The van der Waals surface area contributed by atoms with Crippen LogP contribution in [-0.4, -0.2) is 36.7 Å². The molecule has 0 aliphatic carbocycles. The molecule has 1 atom stereocenters. The van der Waals surface area contributed by atoms with E-state index in [1.807, 2.05) is 19.1 Å². The molecule has 0 heterocycles.